The number of thioether (sulfide) groups is 2. The standard InChI is InChI=1S/C23H23NOS3/c25-22-21(28-23(26)24(22)16-17-9-3-1-4-10-17)15-18-11-7-8-14-20(18)27-19-12-5-2-6-13-19/h1,3-4,7-11,14-15,19H,2,5-6,12-13,16H2. The van der Waals surface area contributed by atoms with Crippen molar-refractivity contribution in [3.8, 4) is 0 Å². The zero-order valence-corrected chi connectivity index (χ0v) is 18.1. The second kappa shape index (κ2) is 9.29. The molecule has 2 fully saturated rings. The lowest BCUT2D eigenvalue weighted by molar-refractivity contribution is -0.122. The highest BCUT2D eigenvalue weighted by atomic mass is 32.2. The summed E-state index contributed by atoms with van der Waals surface area (Å²) >= 11 is 8.87. The van der Waals surface area contributed by atoms with Crippen molar-refractivity contribution in [1.29, 1.82) is 0 Å². The number of benzene rings is 2. The molecule has 28 heavy (non-hydrogen) atoms. The lowest BCUT2D eigenvalue weighted by atomic mass is 10.0. The van der Waals surface area contributed by atoms with Crippen LogP contribution in [0.1, 0.15) is 43.2 Å². The Balaban J connectivity index is 1.52. The monoisotopic (exact) mass is 425 g/mol. The molecule has 1 saturated carbocycles. The Morgan fingerprint density at radius 1 is 1.04 bits per heavy atom. The molecule has 0 bridgehead atoms. The van der Waals surface area contributed by atoms with E-state index in [1.165, 1.54) is 48.8 Å². The van der Waals surface area contributed by atoms with E-state index in [-0.39, 0.29) is 5.91 Å². The van der Waals surface area contributed by atoms with Gasteiger partial charge in [-0.2, -0.15) is 0 Å². The molecule has 0 radical (unpaired) electrons. The van der Waals surface area contributed by atoms with E-state index in [0.717, 1.165) is 16.0 Å². The maximum atomic E-state index is 13.0. The second-order valence-corrected chi connectivity index (χ2v) is 10.2. The highest BCUT2D eigenvalue weighted by Gasteiger charge is 2.32. The molecule has 0 atom stereocenters. The van der Waals surface area contributed by atoms with Crippen LogP contribution in [0.15, 0.2) is 64.4 Å². The third-order valence-corrected chi connectivity index (χ3v) is 7.92. The molecule has 2 nitrogen and oxygen atoms in total. The van der Waals surface area contributed by atoms with Crippen LogP contribution in [0.4, 0.5) is 0 Å². The predicted molar refractivity (Wildman–Crippen MR) is 124 cm³/mol. The Kier molecular flexibility index (Phi) is 6.55. The average Bonchev–Trinajstić information content (AvgIpc) is 2.98. The molecule has 4 rings (SSSR count). The van der Waals surface area contributed by atoms with Crippen molar-refractivity contribution >= 4 is 52.0 Å². The van der Waals surface area contributed by atoms with Gasteiger partial charge in [0.1, 0.15) is 4.32 Å². The van der Waals surface area contributed by atoms with E-state index >= 15 is 0 Å². The molecule has 2 aliphatic rings. The fourth-order valence-corrected chi connectivity index (χ4v) is 6.21. The van der Waals surface area contributed by atoms with Crippen molar-refractivity contribution in [3.05, 3.63) is 70.6 Å². The average molecular weight is 426 g/mol. The van der Waals surface area contributed by atoms with E-state index in [2.05, 4.69) is 18.2 Å². The van der Waals surface area contributed by atoms with Crippen LogP contribution in [-0.2, 0) is 11.3 Å². The highest BCUT2D eigenvalue weighted by Crippen LogP contribution is 2.38. The van der Waals surface area contributed by atoms with Gasteiger partial charge in [0.15, 0.2) is 0 Å². The summed E-state index contributed by atoms with van der Waals surface area (Å²) in [6.07, 6.45) is 8.63. The number of thiocarbonyl (C=S) groups is 1. The predicted octanol–water partition coefficient (Wildman–Crippen LogP) is 6.51. The fourth-order valence-electron chi connectivity index (χ4n) is 3.61. The molecule has 2 aromatic carbocycles. The Hall–Kier alpha value is -1.56. The Morgan fingerprint density at radius 2 is 1.75 bits per heavy atom. The third kappa shape index (κ3) is 4.70. The van der Waals surface area contributed by atoms with E-state index in [9.17, 15) is 4.79 Å². The van der Waals surface area contributed by atoms with Gasteiger partial charge < -0.3 is 0 Å². The van der Waals surface area contributed by atoms with Gasteiger partial charge in [0, 0.05) is 10.1 Å². The minimum atomic E-state index is 0.0105. The van der Waals surface area contributed by atoms with Crippen LogP contribution in [-0.4, -0.2) is 20.4 Å². The molecule has 0 spiro atoms. The number of carbonyl (C=O) groups is 1. The van der Waals surface area contributed by atoms with Crippen molar-refractivity contribution in [1.82, 2.24) is 4.90 Å². The summed E-state index contributed by atoms with van der Waals surface area (Å²) in [5.74, 6) is 0.0105. The van der Waals surface area contributed by atoms with E-state index < -0.39 is 0 Å². The molecule has 0 N–H and O–H groups in total. The molecule has 1 saturated heterocycles. The molecule has 144 valence electrons. The summed E-state index contributed by atoms with van der Waals surface area (Å²) in [5.41, 5.74) is 2.21. The zero-order chi connectivity index (χ0) is 19.3. The summed E-state index contributed by atoms with van der Waals surface area (Å²) in [5, 5.41) is 0.691. The molecule has 1 heterocycles. The van der Waals surface area contributed by atoms with Crippen LogP contribution < -0.4 is 0 Å². The van der Waals surface area contributed by atoms with E-state index in [0.29, 0.717) is 16.1 Å². The maximum absolute atomic E-state index is 13.0. The number of rotatable bonds is 5. The Bertz CT molecular complexity index is 888. The molecule has 1 aliphatic carbocycles. The van der Waals surface area contributed by atoms with Crippen molar-refractivity contribution in [2.75, 3.05) is 0 Å². The summed E-state index contributed by atoms with van der Waals surface area (Å²) in [4.78, 5) is 16.7. The topological polar surface area (TPSA) is 20.3 Å². The third-order valence-electron chi connectivity index (χ3n) is 5.11. The number of amides is 1. The molecular formula is C23H23NOS3. The fraction of sp³-hybridized carbons (Fsp3) is 0.304. The van der Waals surface area contributed by atoms with Gasteiger partial charge in [-0.05, 0) is 36.1 Å². The van der Waals surface area contributed by atoms with Gasteiger partial charge in [-0.3, -0.25) is 9.69 Å². The number of carbonyl (C=O) groups excluding carboxylic acids is 1. The van der Waals surface area contributed by atoms with Gasteiger partial charge in [0.05, 0.1) is 11.4 Å². The first-order chi connectivity index (χ1) is 13.7. The SMILES string of the molecule is O=C1C(=Cc2ccccc2SC2CCCCC2)SC(=S)N1Cc1ccccc1. The normalized spacial score (nSPS) is 19.6. The van der Waals surface area contributed by atoms with Gasteiger partial charge in [0.25, 0.3) is 5.91 Å². The first kappa shape index (κ1) is 19.7. The largest absolute Gasteiger partial charge is 0.288 e. The van der Waals surface area contributed by atoms with Gasteiger partial charge in [-0.25, -0.2) is 0 Å². The van der Waals surface area contributed by atoms with Crippen molar-refractivity contribution in [2.45, 2.75) is 48.8 Å². The number of hydrogen-bond donors (Lipinski definition) is 0. The molecule has 0 unspecified atom stereocenters. The number of hydrogen-bond acceptors (Lipinski definition) is 4. The minimum absolute atomic E-state index is 0.0105. The molecule has 1 aliphatic heterocycles. The smallest absolute Gasteiger partial charge is 0.266 e. The second-order valence-electron chi connectivity index (χ2n) is 7.17. The molecule has 1 amide bonds. The van der Waals surface area contributed by atoms with E-state index in [4.69, 9.17) is 12.2 Å². The van der Waals surface area contributed by atoms with Crippen LogP contribution in [0, 0.1) is 0 Å². The summed E-state index contributed by atoms with van der Waals surface area (Å²) < 4.78 is 0.637. The quantitative estimate of drug-likeness (QED) is 0.402. The number of nitrogens with zero attached hydrogens (tertiary/aromatic N) is 1. The first-order valence-corrected chi connectivity index (χ1v) is 11.9. The van der Waals surface area contributed by atoms with Crippen LogP contribution in [0.5, 0.6) is 0 Å². The Morgan fingerprint density at radius 3 is 2.54 bits per heavy atom. The van der Waals surface area contributed by atoms with Gasteiger partial charge in [0.2, 0.25) is 0 Å². The lowest BCUT2D eigenvalue weighted by Gasteiger charge is -2.21. The summed E-state index contributed by atoms with van der Waals surface area (Å²) in [6.45, 7) is 0.529. The van der Waals surface area contributed by atoms with Crippen LogP contribution >= 0.6 is 35.7 Å². The molecule has 2 aromatic rings. The van der Waals surface area contributed by atoms with E-state index in [1.807, 2.05) is 54.2 Å². The van der Waals surface area contributed by atoms with Crippen LogP contribution in [0.2, 0.25) is 0 Å². The summed E-state index contributed by atoms with van der Waals surface area (Å²) in [6, 6.07) is 18.4. The van der Waals surface area contributed by atoms with Crippen molar-refractivity contribution in [2.24, 2.45) is 0 Å². The first-order valence-electron chi connectivity index (χ1n) is 9.76. The van der Waals surface area contributed by atoms with Gasteiger partial charge in [-0.1, -0.05) is 91.8 Å². The lowest BCUT2D eigenvalue weighted by Crippen LogP contribution is -2.27. The molecule has 5 heteroatoms. The van der Waals surface area contributed by atoms with Gasteiger partial charge >= 0.3 is 0 Å². The van der Waals surface area contributed by atoms with Crippen LogP contribution in [0.25, 0.3) is 6.08 Å². The van der Waals surface area contributed by atoms with E-state index in [1.54, 1.807) is 4.90 Å². The zero-order valence-electron chi connectivity index (χ0n) is 15.7. The summed E-state index contributed by atoms with van der Waals surface area (Å²) in [7, 11) is 0. The minimum Gasteiger partial charge on any atom is -0.288 e. The van der Waals surface area contributed by atoms with Crippen LogP contribution in [0.3, 0.4) is 0 Å². The van der Waals surface area contributed by atoms with Crippen molar-refractivity contribution in [3.63, 3.8) is 0 Å². The Labute approximate surface area is 180 Å². The molecule has 0 aromatic heterocycles. The van der Waals surface area contributed by atoms with Gasteiger partial charge in [-0.15, -0.1) is 11.8 Å². The maximum Gasteiger partial charge on any atom is 0.266 e. The molecular weight excluding hydrogens is 402 g/mol. The highest BCUT2D eigenvalue weighted by molar-refractivity contribution is 8.26. The van der Waals surface area contributed by atoms with Crippen molar-refractivity contribution < 1.29 is 4.79 Å².